The van der Waals surface area contributed by atoms with Crippen LogP contribution in [0.3, 0.4) is 0 Å². The zero-order chi connectivity index (χ0) is 22.7. The van der Waals surface area contributed by atoms with Gasteiger partial charge in [-0.25, -0.2) is 4.79 Å². The fraction of sp³-hybridized carbons (Fsp3) is 0.200. The number of rotatable bonds is 8. The summed E-state index contributed by atoms with van der Waals surface area (Å²) in [5.41, 5.74) is 1.94. The van der Waals surface area contributed by atoms with E-state index in [9.17, 15) is 9.59 Å². The third-order valence-electron chi connectivity index (χ3n) is 5.18. The zero-order valence-electron chi connectivity index (χ0n) is 19.5. The van der Waals surface area contributed by atoms with Crippen LogP contribution in [0, 0.1) is 0 Å². The van der Waals surface area contributed by atoms with Crippen LogP contribution in [0.1, 0.15) is 37.3 Å². The summed E-state index contributed by atoms with van der Waals surface area (Å²) in [6.45, 7) is 1.69. The van der Waals surface area contributed by atoms with Gasteiger partial charge in [0.25, 0.3) is 5.91 Å². The topological polar surface area (TPSA) is 88.8 Å². The summed E-state index contributed by atoms with van der Waals surface area (Å²) in [6, 6.07) is 16.6. The summed E-state index contributed by atoms with van der Waals surface area (Å²) < 4.78 is 11.9. The number of anilines is 1. The minimum Gasteiger partial charge on any atom is -1.00 e. The molecule has 1 amide bonds. The van der Waals surface area contributed by atoms with Crippen LogP contribution in [0.5, 0.6) is 5.75 Å². The molecular formula is C25H23BrNNaO5. The van der Waals surface area contributed by atoms with E-state index in [1.54, 1.807) is 12.1 Å². The molecule has 0 radical (unpaired) electrons. The van der Waals surface area contributed by atoms with Gasteiger partial charge in [0.05, 0.1) is 10.0 Å². The van der Waals surface area contributed by atoms with Crippen molar-refractivity contribution in [1.29, 1.82) is 0 Å². The number of hydrogen-bond acceptors (Lipinski definition) is 4. The number of para-hydroxylation sites is 1. The number of amides is 1. The van der Waals surface area contributed by atoms with Gasteiger partial charge in [-0.1, -0.05) is 43.7 Å². The Morgan fingerprint density at radius 2 is 1.91 bits per heavy atom. The SMILES string of the molecule is CCCCc1oc2ccccc2c1C(=O)Nc1ccc2c(Br)c(OCC(=O)O)ccc2c1.[H-].[Na+]. The second-order valence-electron chi connectivity index (χ2n) is 7.45. The average Bonchev–Trinajstić information content (AvgIpc) is 3.15. The summed E-state index contributed by atoms with van der Waals surface area (Å²) in [6.07, 6.45) is 2.66. The number of carbonyl (C=O) groups excluding carboxylic acids is 1. The zero-order valence-corrected chi connectivity index (χ0v) is 22.1. The van der Waals surface area contributed by atoms with Gasteiger partial charge in [0.1, 0.15) is 17.1 Å². The summed E-state index contributed by atoms with van der Waals surface area (Å²) in [7, 11) is 0. The molecule has 0 saturated heterocycles. The molecule has 4 aromatic rings. The second kappa shape index (κ2) is 11.2. The Balaban J connectivity index is 0.00000204. The second-order valence-corrected chi connectivity index (χ2v) is 8.24. The van der Waals surface area contributed by atoms with Crippen LogP contribution in [-0.2, 0) is 11.2 Å². The number of ether oxygens (including phenoxy) is 1. The predicted octanol–water partition coefficient (Wildman–Crippen LogP) is 3.52. The van der Waals surface area contributed by atoms with Crippen LogP contribution in [-0.4, -0.2) is 23.6 Å². The van der Waals surface area contributed by atoms with Crippen molar-refractivity contribution in [3.8, 4) is 5.75 Å². The Labute approximate surface area is 223 Å². The van der Waals surface area contributed by atoms with E-state index in [-0.39, 0.29) is 36.9 Å². The number of nitrogens with one attached hydrogen (secondary N) is 1. The van der Waals surface area contributed by atoms with E-state index in [1.807, 2.05) is 42.5 Å². The van der Waals surface area contributed by atoms with Gasteiger partial charge in [-0.15, -0.1) is 0 Å². The summed E-state index contributed by atoms with van der Waals surface area (Å²) >= 11 is 3.48. The first-order chi connectivity index (χ1) is 15.5. The monoisotopic (exact) mass is 519 g/mol. The standard InChI is InChI=1S/C25H22BrNO5.Na.H/c1-2-3-7-20-23(18-6-4-5-8-19(18)32-20)25(30)27-16-10-11-17-15(13-16)9-12-21(24(17)26)31-14-22(28)29;;/h4-6,8-13H,2-3,7,14H2,1H3,(H,27,30)(H,28,29);;/q;+1;-1. The summed E-state index contributed by atoms with van der Waals surface area (Å²) in [5.74, 6) is -0.0996. The number of carboxylic acids is 1. The van der Waals surface area contributed by atoms with Gasteiger partial charge in [-0.05, 0) is 57.4 Å². The number of benzene rings is 3. The van der Waals surface area contributed by atoms with Gasteiger partial charge in [-0.3, -0.25) is 4.79 Å². The predicted molar refractivity (Wildman–Crippen MR) is 129 cm³/mol. The Hall–Kier alpha value is -2.32. The maximum absolute atomic E-state index is 13.2. The van der Waals surface area contributed by atoms with Crippen molar-refractivity contribution in [1.82, 2.24) is 0 Å². The molecule has 0 aliphatic heterocycles. The first-order valence-electron chi connectivity index (χ1n) is 10.4. The minimum absolute atomic E-state index is 0. The van der Waals surface area contributed by atoms with Crippen LogP contribution in [0.2, 0.25) is 0 Å². The van der Waals surface area contributed by atoms with E-state index >= 15 is 0 Å². The first-order valence-corrected chi connectivity index (χ1v) is 11.2. The maximum atomic E-state index is 13.2. The Bertz CT molecular complexity index is 1320. The number of aliphatic carboxylic acids is 1. The maximum Gasteiger partial charge on any atom is 1.00 e. The quantitative estimate of drug-likeness (QED) is 0.347. The molecule has 166 valence electrons. The van der Waals surface area contributed by atoms with E-state index in [1.165, 1.54) is 0 Å². The van der Waals surface area contributed by atoms with Gasteiger partial charge in [0.15, 0.2) is 6.61 Å². The summed E-state index contributed by atoms with van der Waals surface area (Å²) in [4.78, 5) is 24.0. The van der Waals surface area contributed by atoms with Crippen LogP contribution in [0.4, 0.5) is 5.69 Å². The van der Waals surface area contributed by atoms with Crippen molar-refractivity contribution in [3.05, 3.63) is 70.4 Å². The first kappa shape index (κ1) is 25.3. The number of halogens is 1. The van der Waals surface area contributed by atoms with Crippen LogP contribution in [0.25, 0.3) is 21.7 Å². The molecule has 8 heteroatoms. The van der Waals surface area contributed by atoms with E-state index in [0.29, 0.717) is 39.2 Å². The van der Waals surface area contributed by atoms with E-state index in [4.69, 9.17) is 14.3 Å². The molecule has 33 heavy (non-hydrogen) atoms. The van der Waals surface area contributed by atoms with E-state index < -0.39 is 12.6 Å². The van der Waals surface area contributed by atoms with Gasteiger partial charge in [0.2, 0.25) is 0 Å². The molecule has 4 rings (SSSR count). The van der Waals surface area contributed by atoms with Crippen molar-refractivity contribution in [2.75, 3.05) is 11.9 Å². The molecule has 0 aliphatic carbocycles. The van der Waals surface area contributed by atoms with E-state index in [0.717, 1.165) is 29.0 Å². The fourth-order valence-corrected chi connectivity index (χ4v) is 4.26. The number of carbonyl (C=O) groups is 2. The Kier molecular flexibility index (Phi) is 8.59. The number of fused-ring (bicyclic) bond motifs is 2. The molecule has 0 aliphatic rings. The molecule has 1 aromatic heterocycles. The van der Waals surface area contributed by atoms with Gasteiger partial charge < -0.3 is 21.0 Å². The molecule has 1 heterocycles. The normalized spacial score (nSPS) is 10.7. The van der Waals surface area contributed by atoms with Gasteiger partial charge >= 0.3 is 35.5 Å². The van der Waals surface area contributed by atoms with Crippen molar-refractivity contribution < 1.29 is 54.8 Å². The molecule has 6 nitrogen and oxygen atoms in total. The largest absolute Gasteiger partial charge is 1.00 e. The molecular weight excluding hydrogens is 497 g/mol. The van der Waals surface area contributed by atoms with Crippen LogP contribution in [0.15, 0.2) is 63.5 Å². The molecule has 3 aromatic carbocycles. The van der Waals surface area contributed by atoms with Crippen molar-refractivity contribution in [3.63, 3.8) is 0 Å². The number of hydrogen-bond donors (Lipinski definition) is 2. The van der Waals surface area contributed by atoms with Crippen molar-refractivity contribution in [2.45, 2.75) is 26.2 Å². The Morgan fingerprint density at radius 1 is 1.12 bits per heavy atom. The smallest absolute Gasteiger partial charge is 1.00 e. The third kappa shape index (κ3) is 5.61. The number of carboxylic acid groups (broad SMARTS) is 1. The van der Waals surface area contributed by atoms with Crippen LogP contribution >= 0.6 is 15.9 Å². The summed E-state index contributed by atoms with van der Waals surface area (Å²) in [5, 5.41) is 14.4. The number of aryl methyl sites for hydroxylation is 1. The third-order valence-corrected chi connectivity index (χ3v) is 6.00. The number of furan rings is 1. The molecule has 0 bridgehead atoms. The average molecular weight is 520 g/mol. The van der Waals surface area contributed by atoms with Crippen LogP contribution < -0.4 is 39.6 Å². The molecule has 0 unspecified atom stereocenters. The molecule has 0 atom stereocenters. The molecule has 0 spiro atoms. The van der Waals surface area contributed by atoms with Crippen molar-refractivity contribution in [2.24, 2.45) is 0 Å². The number of unbranched alkanes of at least 4 members (excludes halogenated alkanes) is 1. The van der Waals surface area contributed by atoms with Crippen molar-refractivity contribution >= 4 is 55.2 Å². The van der Waals surface area contributed by atoms with E-state index in [2.05, 4.69) is 28.2 Å². The fourth-order valence-electron chi connectivity index (χ4n) is 3.65. The van der Waals surface area contributed by atoms with Gasteiger partial charge in [-0.2, -0.15) is 0 Å². The molecule has 0 saturated carbocycles. The molecule has 0 fully saturated rings. The minimum atomic E-state index is -1.04. The Morgan fingerprint density at radius 3 is 2.67 bits per heavy atom. The molecule has 2 N–H and O–H groups in total. The van der Waals surface area contributed by atoms with Gasteiger partial charge in [0, 0.05) is 17.5 Å².